The van der Waals surface area contributed by atoms with Crippen LogP contribution in [-0.2, 0) is 21.4 Å². The summed E-state index contributed by atoms with van der Waals surface area (Å²) in [5, 5.41) is 2.79. The van der Waals surface area contributed by atoms with Gasteiger partial charge in [-0.2, -0.15) is 4.31 Å². The van der Waals surface area contributed by atoms with Gasteiger partial charge in [-0.25, -0.2) is 8.42 Å². The zero-order chi connectivity index (χ0) is 24.7. The van der Waals surface area contributed by atoms with E-state index in [-0.39, 0.29) is 30.4 Å². The van der Waals surface area contributed by atoms with Gasteiger partial charge in [-0.15, -0.1) is 0 Å². The number of benzene rings is 2. The minimum atomic E-state index is -3.93. The van der Waals surface area contributed by atoms with E-state index < -0.39 is 15.9 Å². The van der Waals surface area contributed by atoms with Crippen LogP contribution in [0.5, 0.6) is 23.0 Å². The van der Waals surface area contributed by atoms with Crippen molar-refractivity contribution in [1.82, 2.24) is 9.62 Å². The zero-order valence-electron chi connectivity index (χ0n) is 20.0. The summed E-state index contributed by atoms with van der Waals surface area (Å²) >= 11 is 0. The Morgan fingerprint density at radius 2 is 1.74 bits per heavy atom. The molecule has 0 atom stereocenters. The van der Waals surface area contributed by atoms with Crippen molar-refractivity contribution >= 4 is 15.9 Å². The van der Waals surface area contributed by atoms with E-state index in [1.54, 1.807) is 25.3 Å². The lowest BCUT2D eigenvalue weighted by atomic mass is 10.1. The molecule has 2 aromatic rings. The van der Waals surface area contributed by atoms with Gasteiger partial charge in [-0.3, -0.25) is 4.79 Å². The number of fused-ring (bicyclic) bond motifs is 1. The van der Waals surface area contributed by atoms with Crippen LogP contribution in [0.3, 0.4) is 0 Å². The predicted molar refractivity (Wildman–Crippen MR) is 127 cm³/mol. The lowest BCUT2D eigenvalue weighted by Crippen LogP contribution is -2.41. The number of hydrogen-bond acceptors (Lipinski definition) is 7. The summed E-state index contributed by atoms with van der Waals surface area (Å²) in [5.41, 5.74) is 0.800. The first-order valence-electron chi connectivity index (χ1n) is 11.1. The van der Waals surface area contributed by atoms with Gasteiger partial charge in [0.15, 0.2) is 23.0 Å². The van der Waals surface area contributed by atoms with Crippen molar-refractivity contribution < 1.29 is 32.2 Å². The normalized spacial score (nSPS) is 13.1. The second kappa shape index (κ2) is 11.4. The largest absolute Gasteiger partial charge is 0.493 e. The zero-order valence-corrected chi connectivity index (χ0v) is 20.8. The van der Waals surface area contributed by atoms with Gasteiger partial charge in [-0.1, -0.05) is 19.9 Å². The number of nitrogens with zero attached hydrogens (tertiary/aromatic N) is 1. The molecule has 34 heavy (non-hydrogen) atoms. The number of amides is 1. The van der Waals surface area contributed by atoms with E-state index in [1.807, 2.05) is 19.9 Å². The molecule has 0 fully saturated rings. The number of carbonyl (C=O) groups excluding carboxylic acids is 1. The molecule has 0 spiro atoms. The molecule has 3 rings (SSSR count). The van der Waals surface area contributed by atoms with Crippen LogP contribution in [-0.4, -0.2) is 59.2 Å². The number of ether oxygens (including phenoxy) is 4. The van der Waals surface area contributed by atoms with Crippen LogP contribution in [0.25, 0.3) is 0 Å². The van der Waals surface area contributed by atoms with Crippen molar-refractivity contribution in [2.24, 2.45) is 5.92 Å². The number of carbonyl (C=O) groups is 1. The molecule has 0 aromatic heterocycles. The first-order valence-corrected chi connectivity index (χ1v) is 12.6. The Kier molecular flexibility index (Phi) is 8.62. The molecule has 1 heterocycles. The Morgan fingerprint density at radius 1 is 1.03 bits per heavy atom. The first-order chi connectivity index (χ1) is 16.2. The van der Waals surface area contributed by atoms with Crippen molar-refractivity contribution in [1.29, 1.82) is 0 Å². The molecule has 0 saturated carbocycles. The van der Waals surface area contributed by atoms with Gasteiger partial charge in [0.25, 0.3) is 0 Å². The van der Waals surface area contributed by atoms with Gasteiger partial charge in [-0.05, 0) is 42.2 Å². The molecule has 0 unspecified atom stereocenters. The van der Waals surface area contributed by atoms with Crippen molar-refractivity contribution in [2.45, 2.75) is 31.7 Å². The molecule has 0 saturated heterocycles. The summed E-state index contributed by atoms with van der Waals surface area (Å²) in [5.74, 6) is 1.89. The third-order valence-corrected chi connectivity index (χ3v) is 7.21. The Labute approximate surface area is 201 Å². The smallest absolute Gasteiger partial charge is 0.243 e. The topological polar surface area (TPSA) is 103 Å². The highest BCUT2D eigenvalue weighted by atomic mass is 32.2. The minimum Gasteiger partial charge on any atom is -0.493 e. The SMILES string of the molecule is COc1ccc(CNC(=O)CN(CCC(C)C)S(=O)(=O)c2ccc3c(c2)OCCO3)cc1OC. The van der Waals surface area contributed by atoms with Crippen LogP contribution in [0.4, 0.5) is 0 Å². The summed E-state index contributed by atoms with van der Waals surface area (Å²) in [7, 11) is -0.841. The van der Waals surface area contributed by atoms with E-state index in [2.05, 4.69) is 5.32 Å². The van der Waals surface area contributed by atoms with Crippen molar-refractivity contribution in [3.63, 3.8) is 0 Å². The van der Waals surface area contributed by atoms with E-state index >= 15 is 0 Å². The molecule has 0 aliphatic carbocycles. The maximum atomic E-state index is 13.4. The first kappa shape index (κ1) is 25.6. The van der Waals surface area contributed by atoms with Crippen molar-refractivity contribution in [2.75, 3.05) is 40.5 Å². The molecule has 0 bridgehead atoms. The second-order valence-corrected chi connectivity index (χ2v) is 10.2. The molecular weight excluding hydrogens is 460 g/mol. The molecule has 0 radical (unpaired) electrons. The molecule has 10 heteroatoms. The van der Waals surface area contributed by atoms with Gasteiger partial charge >= 0.3 is 0 Å². The maximum Gasteiger partial charge on any atom is 0.243 e. The van der Waals surface area contributed by atoms with Crippen LogP contribution < -0.4 is 24.3 Å². The highest BCUT2D eigenvalue weighted by Gasteiger charge is 2.28. The molecule has 1 aliphatic rings. The molecular formula is C24H32N2O7S. The van der Waals surface area contributed by atoms with Crippen LogP contribution in [0.2, 0.25) is 0 Å². The Bertz CT molecular complexity index is 1100. The number of rotatable bonds is 11. The number of methoxy groups -OCH3 is 2. The fourth-order valence-electron chi connectivity index (χ4n) is 3.43. The van der Waals surface area contributed by atoms with Crippen LogP contribution in [0.1, 0.15) is 25.8 Å². The number of nitrogens with one attached hydrogen (secondary N) is 1. The molecule has 1 amide bonds. The third kappa shape index (κ3) is 6.32. The summed E-state index contributed by atoms with van der Waals surface area (Å²) < 4.78 is 49.6. The van der Waals surface area contributed by atoms with Gasteiger partial charge in [0.1, 0.15) is 13.2 Å². The van der Waals surface area contributed by atoms with Crippen LogP contribution in [0.15, 0.2) is 41.3 Å². The molecule has 1 aliphatic heterocycles. The van der Waals surface area contributed by atoms with E-state index in [0.29, 0.717) is 42.6 Å². The highest BCUT2D eigenvalue weighted by molar-refractivity contribution is 7.89. The minimum absolute atomic E-state index is 0.0631. The van der Waals surface area contributed by atoms with Gasteiger partial charge in [0.2, 0.25) is 15.9 Å². The Hall–Kier alpha value is -2.98. The quantitative estimate of drug-likeness (QED) is 0.514. The Balaban J connectivity index is 1.73. The third-order valence-electron chi connectivity index (χ3n) is 5.36. The van der Waals surface area contributed by atoms with E-state index in [0.717, 1.165) is 5.56 Å². The average Bonchev–Trinajstić information content (AvgIpc) is 2.84. The fraction of sp³-hybridized carbons (Fsp3) is 0.458. The fourth-order valence-corrected chi connectivity index (χ4v) is 4.85. The van der Waals surface area contributed by atoms with Gasteiger partial charge in [0, 0.05) is 19.2 Å². The Morgan fingerprint density at radius 3 is 2.41 bits per heavy atom. The molecule has 9 nitrogen and oxygen atoms in total. The monoisotopic (exact) mass is 492 g/mol. The number of sulfonamides is 1. The second-order valence-electron chi connectivity index (χ2n) is 8.29. The summed E-state index contributed by atoms with van der Waals surface area (Å²) in [6, 6.07) is 9.84. The molecule has 1 N–H and O–H groups in total. The van der Waals surface area contributed by atoms with Gasteiger partial charge in [0.05, 0.1) is 25.7 Å². The average molecular weight is 493 g/mol. The van der Waals surface area contributed by atoms with E-state index in [9.17, 15) is 13.2 Å². The standard InChI is InChI=1S/C24H32N2O7S/c1-17(2)9-10-26(34(28,29)19-6-8-21-23(14-19)33-12-11-32-21)16-24(27)25-15-18-5-7-20(30-3)22(13-18)31-4/h5-8,13-14,17H,9-12,15-16H2,1-4H3,(H,25,27). The van der Waals surface area contributed by atoms with E-state index in [4.69, 9.17) is 18.9 Å². The summed E-state index contributed by atoms with van der Waals surface area (Å²) in [4.78, 5) is 12.8. The van der Waals surface area contributed by atoms with Crippen LogP contribution in [0, 0.1) is 5.92 Å². The van der Waals surface area contributed by atoms with Crippen molar-refractivity contribution in [3.05, 3.63) is 42.0 Å². The van der Waals surface area contributed by atoms with Gasteiger partial charge < -0.3 is 24.3 Å². The predicted octanol–water partition coefficient (Wildman–Crippen LogP) is 2.83. The lowest BCUT2D eigenvalue weighted by Gasteiger charge is -2.24. The summed E-state index contributed by atoms with van der Waals surface area (Å²) in [6.45, 7) is 4.93. The van der Waals surface area contributed by atoms with E-state index in [1.165, 1.54) is 23.5 Å². The lowest BCUT2D eigenvalue weighted by molar-refractivity contribution is -0.121. The van der Waals surface area contributed by atoms with Crippen LogP contribution >= 0.6 is 0 Å². The number of hydrogen-bond donors (Lipinski definition) is 1. The summed E-state index contributed by atoms with van der Waals surface area (Å²) in [6.07, 6.45) is 0.618. The maximum absolute atomic E-state index is 13.4. The van der Waals surface area contributed by atoms with Crippen molar-refractivity contribution in [3.8, 4) is 23.0 Å². The molecule has 2 aromatic carbocycles. The molecule has 186 valence electrons. The highest BCUT2D eigenvalue weighted by Crippen LogP contribution is 2.33.